The summed E-state index contributed by atoms with van der Waals surface area (Å²) in [5.74, 6) is 1.24. The SMILES string of the molecule is C=C(N/N=C(\C)c1ccc(OC)c(Cl)c1)c1ccc(OC)c(Cl)c1. The van der Waals surface area contributed by atoms with Gasteiger partial charge in [0.2, 0.25) is 0 Å². The fraction of sp³-hybridized carbons (Fsp3) is 0.167. The van der Waals surface area contributed by atoms with Crippen LogP contribution in [0.5, 0.6) is 11.5 Å². The molecule has 0 fully saturated rings. The summed E-state index contributed by atoms with van der Waals surface area (Å²) in [6.07, 6.45) is 0. The van der Waals surface area contributed by atoms with Crippen molar-refractivity contribution in [2.75, 3.05) is 14.2 Å². The van der Waals surface area contributed by atoms with Crippen molar-refractivity contribution in [3.63, 3.8) is 0 Å². The molecular formula is C18H18Cl2N2O2. The molecule has 0 saturated heterocycles. The molecule has 0 radical (unpaired) electrons. The van der Waals surface area contributed by atoms with Gasteiger partial charge in [-0.15, -0.1) is 0 Å². The highest BCUT2D eigenvalue weighted by molar-refractivity contribution is 6.32. The zero-order valence-corrected chi connectivity index (χ0v) is 15.2. The molecule has 0 amide bonds. The second-order valence-corrected chi connectivity index (χ2v) is 5.80. The molecule has 2 aromatic rings. The second-order valence-electron chi connectivity index (χ2n) is 4.99. The molecule has 0 spiro atoms. The minimum absolute atomic E-state index is 0.514. The minimum atomic E-state index is 0.514. The Balaban J connectivity index is 2.13. The summed E-state index contributed by atoms with van der Waals surface area (Å²) in [5, 5.41) is 5.38. The van der Waals surface area contributed by atoms with E-state index in [4.69, 9.17) is 32.7 Å². The number of hydrogen-bond donors (Lipinski definition) is 1. The molecule has 0 heterocycles. The highest BCUT2D eigenvalue weighted by Gasteiger charge is 2.06. The topological polar surface area (TPSA) is 42.9 Å². The number of nitrogens with zero attached hydrogens (tertiary/aromatic N) is 1. The first-order valence-electron chi connectivity index (χ1n) is 7.13. The van der Waals surface area contributed by atoms with E-state index >= 15 is 0 Å². The van der Waals surface area contributed by atoms with Gasteiger partial charge in [-0.05, 0) is 48.9 Å². The van der Waals surface area contributed by atoms with Crippen LogP contribution >= 0.6 is 23.2 Å². The van der Waals surface area contributed by atoms with Gasteiger partial charge in [0.25, 0.3) is 0 Å². The molecule has 0 aromatic heterocycles. The summed E-state index contributed by atoms with van der Waals surface area (Å²) < 4.78 is 10.3. The van der Waals surface area contributed by atoms with Crippen LogP contribution in [0, 0.1) is 0 Å². The Hall–Kier alpha value is -2.17. The van der Waals surface area contributed by atoms with E-state index in [9.17, 15) is 0 Å². The Morgan fingerprint density at radius 1 is 0.958 bits per heavy atom. The molecular weight excluding hydrogens is 347 g/mol. The Labute approximate surface area is 151 Å². The molecule has 2 aromatic carbocycles. The van der Waals surface area contributed by atoms with E-state index in [2.05, 4.69) is 17.1 Å². The fourth-order valence-corrected chi connectivity index (χ4v) is 2.54. The van der Waals surface area contributed by atoms with Crippen molar-refractivity contribution in [1.82, 2.24) is 5.43 Å². The van der Waals surface area contributed by atoms with Crippen molar-refractivity contribution in [1.29, 1.82) is 0 Å². The number of nitrogens with one attached hydrogen (secondary N) is 1. The van der Waals surface area contributed by atoms with Crippen molar-refractivity contribution in [2.24, 2.45) is 5.10 Å². The Morgan fingerprint density at radius 3 is 1.96 bits per heavy atom. The number of hydrogen-bond acceptors (Lipinski definition) is 4. The van der Waals surface area contributed by atoms with Gasteiger partial charge in [0, 0.05) is 5.56 Å². The van der Waals surface area contributed by atoms with E-state index in [1.54, 1.807) is 38.5 Å². The monoisotopic (exact) mass is 364 g/mol. The number of benzene rings is 2. The third-order valence-corrected chi connectivity index (χ3v) is 4.02. The van der Waals surface area contributed by atoms with Crippen LogP contribution in [0.2, 0.25) is 10.0 Å². The zero-order valence-electron chi connectivity index (χ0n) is 13.7. The lowest BCUT2D eigenvalue weighted by Crippen LogP contribution is -2.08. The molecule has 126 valence electrons. The lowest BCUT2D eigenvalue weighted by atomic mass is 10.1. The lowest BCUT2D eigenvalue weighted by Gasteiger charge is -2.10. The van der Waals surface area contributed by atoms with Gasteiger partial charge >= 0.3 is 0 Å². The second kappa shape index (κ2) is 8.08. The van der Waals surface area contributed by atoms with Gasteiger partial charge in [0.1, 0.15) is 11.5 Å². The highest BCUT2D eigenvalue weighted by Crippen LogP contribution is 2.27. The van der Waals surface area contributed by atoms with Crippen molar-refractivity contribution < 1.29 is 9.47 Å². The fourth-order valence-electron chi connectivity index (χ4n) is 2.03. The summed E-state index contributed by atoms with van der Waals surface area (Å²) in [6, 6.07) is 10.9. The minimum Gasteiger partial charge on any atom is -0.495 e. The third-order valence-electron chi connectivity index (χ3n) is 3.43. The maximum Gasteiger partial charge on any atom is 0.137 e. The van der Waals surface area contributed by atoms with Crippen LogP contribution < -0.4 is 14.9 Å². The number of halogens is 2. The molecule has 2 rings (SSSR count). The molecule has 0 unspecified atom stereocenters. The first kappa shape index (κ1) is 18.2. The van der Waals surface area contributed by atoms with Gasteiger partial charge in [-0.2, -0.15) is 5.10 Å². The molecule has 6 heteroatoms. The van der Waals surface area contributed by atoms with Gasteiger partial charge in [0.15, 0.2) is 0 Å². The molecule has 0 atom stereocenters. The molecule has 4 nitrogen and oxygen atoms in total. The molecule has 0 aliphatic carbocycles. The van der Waals surface area contributed by atoms with E-state index in [-0.39, 0.29) is 0 Å². The van der Waals surface area contributed by atoms with E-state index in [1.165, 1.54) is 0 Å². The number of methoxy groups -OCH3 is 2. The summed E-state index contributed by atoms with van der Waals surface area (Å²) >= 11 is 12.3. The summed E-state index contributed by atoms with van der Waals surface area (Å²) in [6.45, 7) is 5.84. The molecule has 1 N–H and O–H groups in total. The number of rotatable bonds is 6. The van der Waals surface area contributed by atoms with E-state index < -0.39 is 0 Å². The van der Waals surface area contributed by atoms with E-state index in [0.29, 0.717) is 27.2 Å². The van der Waals surface area contributed by atoms with Gasteiger partial charge in [-0.25, -0.2) is 0 Å². The Kier molecular flexibility index (Phi) is 6.12. The molecule has 0 bridgehead atoms. The normalized spacial score (nSPS) is 11.1. The quantitative estimate of drug-likeness (QED) is 0.579. The largest absolute Gasteiger partial charge is 0.495 e. The standard InChI is InChI=1S/C18H18Cl2N2O2/c1-11(13-5-7-17(23-3)15(19)9-13)21-22-12(2)14-6-8-18(24-4)16(20)10-14/h5-10,21H,1H2,2-4H3/b22-12+. The van der Waals surface area contributed by atoms with E-state index in [1.807, 2.05) is 19.1 Å². The van der Waals surface area contributed by atoms with Crippen molar-refractivity contribution in [3.8, 4) is 11.5 Å². The van der Waals surface area contributed by atoms with Gasteiger partial charge in [0.05, 0.1) is 35.7 Å². The average Bonchev–Trinajstić information content (AvgIpc) is 2.59. The average molecular weight is 365 g/mol. The number of hydrazone groups is 1. The van der Waals surface area contributed by atoms with Crippen LogP contribution in [-0.4, -0.2) is 19.9 Å². The Morgan fingerprint density at radius 2 is 1.46 bits per heavy atom. The summed E-state index contributed by atoms with van der Waals surface area (Å²) in [4.78, 5) is 0. The molecule has 24 heavy (non-hydrogen) atoms. The predicted octanol–water partition coefficient (Wildman–Crippen LogP) is 5.00. The van der Waals surface area contributed by atoms with Crippen LogP contribution in [0.4, 0.5) is 0 Å². The highest BCUT2D eigenvalue weighted by atomic mass is 35.5. The van der Waals surface area contributed by atoms with Gasteiger partial charge < -0.3 is 9.47 Å². The smallest absolute Gasteiger partial charge is 0.137 e. The van der Waals surface area contributed by atoms with Crippen LogP contribution in [0.25, 0.3) is 5.70 Å². The van der Waals surface area contributed by atoms with Crippen molar-refractivity contribution >= 4 is 34.6 Å². The van der Waals surface area contributed by atoms with E-state index in [0.717, 1.165) is 16.8 Å². The summed E-state index contributed by atoms with van der Waals surface area (Å²) in [5.41, 5.74) is 6.02. The molecule has 0 aliphatic rings. The zero-order chi connectivity index (χ0) is 17.7. The van der Waals surface area contributed by atoms with Crippen LogP contribution in [0.1, 0.15) is 18.1 Å². The van der Waals surface area contributed by atoms with Crippen molar-refractivity contribution in [3.05, 3.63) is 64.1 Å². The van der Waals surface area contributed by atoms with Crippen LogP contribution in [-0.2, 0) is 0 Å². The van der Waals surface area contributed by atoms with Gasteiger partial charge in [-0.3, -0.25) is 5.43 Å². The first-order chi connectivity index (χ1) is 11.5. The predicted molar refractivity (Wildman–Crippen MR) is 100 cm³/mol. The summed E-state index contributed by atoms with van der Waals surface area (Å²) in [7, 11) is 3.15. The van der Waals surface area contributed by atoms with Crippen LogP contribution in [0.15, 0.2) is 48.1 Å². The maximum absolute atomic E-state index is 6.13. The lowest BCUT2D eigenvalue weighted by molar-refractivity contribution is 0.415. The van der Waals surface area contributed by atoms with Gasteiger partial charge in [-0.1, -0.05) is 29.8 Å². The molecule has 0 saturated carbocycles. The number of ether oxygens (including phenoxy) is 2. The van der Waals surface area contributed by atoms with Crippen molar-refractivity contribution in [2.45, 2.75) is 6.92 Å². The van der Waals surface area contributed by atoms with Crippen LogP contribution in [0.3, 0.4) is 0 Å². The third kappa shape index (κ3) is 4.22. The Bertz CT molecular complexity index is 789. The maximum atomic E-state index is 6.13. The first-order valence-corrected chi connectivity index (χ1v) is 7.89. The molecule has 0 aliphatic heterocycles.